The summed E-state index contributed by atoms with van der Waals surface area (Å²) in [6.45, 7) is 12.1. The average molecular weight is 575 g/mol. The Morgan fingerprint density at radius 2 is 1.68 bits per heavy atom. The smallest absolute Gasteiger partial charge is 0.416 e. The fourth-order valence-electron chi connectivity index (χ4n) is 6.24. The van der Waals surface area contributed by atoms with Gasteiger partial charge in [0.25, 0.3) is 0 Å². The first-order chi connectivity index (χ1) is 19.4. The number of alkyl halides is 3. The molecule has 6 nitrogen and oxygen atoms in total. The molecule has 41 heavy (non-hydrogen) atoms. The molecule has 1 amide bonds. The van der Waals surface area contributed by atoms with E-state index in [2.05, 4.69) is 35.8 Å². The lowest BCUT2D eigenvalue weighted by Crippen LogP contribution is -2.51. The van der Waals surface area contributed by atoms with Gasteiger partial charge in [0.15, 0.2) is 0 Å². The van der Waals surface area contributed by atoms with E-state index in [4.69, 9.17) is 10.5 Å². The maximum atomic E-state index is 14.0. The highest BCUT2D eigenvalue weighted by Gasteiger charge is 2.42. The molecule has 0 aromatic heterocycles. The van der Waals surface area contributed by atoms with Crippen LogP contribution in [0.5, 0.6) is 5.75 Å². The van der Waals surface area contributed by atoms with Gasteiger partial charge in [0, 0.05) is 63.0 Å². The van der Waals surface area contributed by atoms with E-state index in [1.807, 2.05) is 30.9 Å². The van der Waals surface area contributed by atoms with Crippen LogP contribution in [0.2, 0.25) is 0 Å². The number of ether oxygens (including phenoxy) is 1. The van der Waals surface area contributed by atoms with Gasteiger partial charge in [-0.15, -0.1) is 0 Å². The molecule has 2 N–H and O–H groups in total. The van der Waals surface area contributed by atoms with Crippen LogP contribution in [0.25, 0.3) is 0 Å². The maximum Gasteiger partial charge on any atom is 0.416 e. The minimum Gasteiger partial charge on any atom is -0.497 e. The SMILES string of the molecule is CCC(C)N1CC(C(=O)N2CCN(c3ccc(C(F)(F)F)cc3C(N)CC(C)C)CC2)C(c2ccc(OC)cc2)C1. The van der Waals surface area contributed by atoms with E-state index >= 15 is 0 Å². The molecule has 2 aliphatic heterocycles. The van der Waals surface area contributed by atoms with Crippen molar-refractivity contribution < 1.29 is 22.7 Å². The molecule has 0 bridgehead atoms. The molecule has 4 unspecified atom stereocenters. The number of hydrogen-bond donors (Lipinski definition) is 1. The van der Waals surface area contributed by atoms with Gasteiger partial charge in [0.05, 0.1) is 18.6 Å². The van der Waals surface area contributed by atoms with E-state index in [0.717, 1.165) is 42.6 Å². The highest BCUT2D eigenvalue weighted by atomic mass is 19.4. The van der Waals surface area contributed by atoms with Crippen molar-refractivity contribution in [3.05, 3.63) is 59.2 Å². The van der Waals surface area contributed by atoms with Gasteiger partial charge in [-0.1, -0.05) is 32.9 Å². The van der Waals surface area contributed by atoms with Gasteiger partial charge in [-0.3, -0.25) is 9.69 Å². The zero-order valence-electron chi connectivity index (χ0n) is 25.0. The van der Waals surface area contributed by atoms with Crippen molar-refractivity contribution in [1.82, 2.24) is 9.80 Å². The molecule has 4 rings (SSSR count). The molecule has 2 aromatic rings. The minimum atomic E-state index is -4.43. The second kappa shape index (κ2) is 13.0. The number of nitrogens with two attached hydrogens (primary N) is 1. The standard InChI is InChI=1S/C32H45F3N4O2/c1-6-22(4)39-19-27(23-7-10-25(41-5)11-8-23)28(20-39)31(40)38-15-13-37(14-16-38)30-12-9-24(32(33,34)35)18-26(30)29(36)17-21(2)3/h7-12,18,21-22,27-29H,6,13-17,19-20,36H2,1-5H3. The number of benzene rings is 2. The van der Waals surface area contributed by atoms with E-state index in [1.165, 1.54) is 6.07 Å². The fourth-order valence-corrected chi connectivity index (χ4v) is 6.24. The van der Waals surface area contributed by atoms with Crippen molar-refractivity contribution in [2.24, 2.45) is 17.6 Å². The summed E-state index contributed by atoms with van der Waals surface area (Å²) in [6.07, 6.45) is -2.82. The molecule has 2 aliphatic rings. The molecule has 9 heteroatoms. The number of piperazine rings is 1. The molecule has 2 heterocycles. The number of methoxy groups -OCH3 is 1. The van der Waals surface area contributed by atoms with Crippen molar-refractivity contribution in [2.45, 2.75) is 64.7 Å². The van der Waals surface area contributed by atoms with Crippen molar-refractivity contribution in [3.8, 4) is 5.75 Å². The first-order valence-electron chi connectivity index (χ1n) is 14.8. The van der Waals surface area contributed by atoms with Gasteiger partial charge in [0.1, 0.15) is 5.75 Å². The number of amides is 1. The molecular formula is C32H45F3N4O2. The Bertz CT molecular complexity index is 1160. The number of anilines is 1. The predicted molar refractivity (Wildman–Crippen MR) is 157 cm³/mol. The topological polar surface area (TPSA) is 62.0 Å². The zero-order valence-corrected chi connectivity index (χ0v) is 25.0. The maximum absolute atomic E-state index is 14.0. The molecule has 0 aliphatic carbocycles. The van der Waals surface area contributed by atoms with E-state index in [1.54, 1.807) is 13.2 Å². The van der Waals surface area contributed by atoms with Crippen LogP contribution in [-0.2, 0) is 11.0 Å². The summed E-state index contributed by atoms with van der Waals surface area (Å²) in [5.41, 5.74) is 8.16. The summed E-state index contributed by atoms with van der Waals surface area (Å²) in [6, 6.07) is 11.8. The van der Waals surface area contributed by atoms with Crippen LogP contribution in [0.3, 0.4) is 0 Å². The lowest BCUT2D eigenvalue weighted by molar-refractivity contribution is -0.138. The summed E-state index contributed by atoms with van der Waals surface area (Å²) in [5, 5.41) is 0. The third-order valence-corrected chi connectivity index (χ3v) is 8.84. The second-order valence-corrected chi connectivity index (χ2v) is 12.0. The summed E-state index contributed by atoms with van der Waals surface area (Å²) >= 11 is 0. The number of rotatable bonds is 9. The number of carbonyl (C=O) groups is 1. The third-order valence-electron chi connectivity index (χ3n) is 8.84. The Balaban J connectivity index is 1.51. The molecule has 226 valence electrons. The van der Waals surface area contributed by atoms with Gasteiger partial charge < -0.3 is 20.3 Å². The van der Waals surface area contributed by atoms with E-state index in [-0.39, 0.29) is 23.7 Å². The van der Waals surface area contributed by atoms with Crippen LogP contribution in [0.1, 0.15) is 69.2 Å². The largest absolute Gasteiger partial charge is 0.497 e. The van der Waals surface area contributed by atoms with Gasteiger partial charge >= 0.3 is 6.18 Å². The van der Waals surface area contributed by atoms with Gasteiger partial charge in [-0.05, 0) is 67.1 Å². The fraction of sp³-hybridized carbons (Fsp3) is 0.594. The Hall–Kier alpha value is -2.78. The van der Waals surface area contributed by atoms with Crippen LogP contribution in [0.4, 0.5) is 18.9 Å². The molecule has 0 spiro atoms. The summed E-state index contributed by atoms with van der Waals surface area (Å²) in [7, 11) is 1.65. The molecule has 0 radical (unpaired) electrons. The van der Waals surface area contributed by atoms with Crippen molar-refractivity contribution in [1.29, 1.82) is 0 Å². The van der Waals surface area contributed by atoms with E-state index < -0.39 is 17.8 Å². The zero-order chi connectivity index (χ0) is 29.9. The molecule has 2 aromatic carbocycles. The quantitative estimate of drug-likeness (QED) is 0.403. The first kappa shape index (κ1) is 31.2. The van der Waals surface area contributed by atoms with Crippen LogP contribution in [0, 0.1) is 11.8 Å². The monoisotopic (exact) mass is 574 g/mol. The molecule has 2 saturated heterocycles. The highest BCUT2D eigenvalue weighted by molar-refractivity contribution is 5.81. The Morgan fingerprint density at radius 3 is 2.24 bits per heavy atom. The number of halogens is 3. The first-order valence-corrected chi connectivity index (χ1v) is 14.8. The Morgan fingerprint density at radius 1 is 1.02 bits per heavy atom. The second-order valence-electron chi connectivity index (χ2n) is 12.0. The lowest BCUT2D eigenvalue weighted by Gasteiger charge is -2.39. The van der Waals surface area contributed by atoms with Crippen LogP contribution in [0.15, 0.2) is 42.5 Å². The van der Waals surface area contributed by atoms with Gasteiger partial charge in [-0.2, -0.15) is 13.2 Å². The van der Waals surface area contributed by atoms with Gasteiger partial charge in [0.2, 0.25) is 5.91 Å². The van der Waals surface area contributed by atoms with Crippen molar-refractivity contribution in [3.63, 3.8) is 0 Å². The molecular weight excluding hydrogens is 529 g/mol. The Labute approximate surface area is 242 Å². The van der Waals surface area contributed by atoms with Gasteiger partial charge in [-0.25, -0.2) is 0 Å². The Kier molecular flexibility index (Phi) is 9.90. The minimum absolute atomic E-state index is 0.0935. The van der Waals surface area contributed by atoms with Crippen LogP contribution >= 0.6 is 0 Å². The van der Waals surface area contributed by atoms with Crippen LogP contribution < -0.4 is 15.4 Å². The molecule has 0 saturated carbocycles. The number of nitrogens with zero attached hydrogens (tertiary/aromatic N) is 3. The number of hydrogen-bond acceptors (Lipinski definition) is 5. The van der Waals surface area contributed by atoms with Crippen molar-refractivity contribution >= 4 is 11.6 Å². The van der Waals surface area contributed by atoms with Crippen LogP contribution in [-0.4, -0.2) is 68.1 Å². The molecule has 4 atom stereocenters. The van der Waals surface area contributed by atoms with E-state index in [9.17, 15) is 18.0 Å². The summed E-state index contributed by atoms with van der Waals surface area (Å²) < 4.78 is 46.0. The summed E-state index contributed by atoms with van der Waals surface area (Å²) in [5.74, 6) is 1.14. The normalized spacial score (nSPS) is 21.8. The lowest BCUT2D eigenvalue weighted by atomic mass is 9.87. The van der Waals surface area contributed by atoms with Crippen molar-refractivity contribution in [2.75, 3.05) is 51.3 Å². The number of carbonyl (C=O) groups excluding carboxylic acids is 1. The highest BCUT2D eigenvalue weighted by Crippen LogP contribution is 2.38. The number of likely N-dealkylation sites (tertiary alicyclic amines) is 1. The van der Waals surface area contributed by atoms with E-state index in [0.29, 0.717) is 44.2 Å². The predicted octanol–water partition coefficient (Wildman–Crippen LogP) is 5.92. The molecule has 2 fully saturated rings. The third kappa shape index (κ3) is 7.17. The summed E-state index contributed by atoms with van der Waals surface area (Å²) in [4.78, 5) is 20.4. The average Bonchev–Trinajstić information content (AvgIpc) is 3.41.